The molecule has 1 aliphatic heterocycles. The molecule has 0 aliphatic carbocycles. The minimum atomic E-state index is -3.12. The maximum Gasteiger partial charge on any atom is 0.251 e. The topological polar surface area (TPSA) is 121 Å². The van der Waals surface area contributed by atoms with E-state index < -0.39 is 10.0 Å². The Balaban J connectivity index is 1.48. The number of sulfonamides is 1. The van der Waals surface area contributed by atoms with E-state index in [-0.39, 0.29) is 11.8 Å². The highest BCUT2D eigenvalue weighted by Crippen LogP contribution is 2.23. The van der Waals surface area contributed by atoms with Crippen LogP contribution < -0.4 is 5.32 Å². The Labute approximate surface area is 158 Å². The fraction of sp³-hybridized carbons (Fsp3) is 0.529. The molecular weight excluding hydrogens is 368 g/mol. The van der Waals surface area contributed by atoms with Gasteiger partial charge in [0.2, 0.25) is 10.0 Å². The van der Waals surface area contributed by atoms with E-state index in [2.05, 4.69) is 25.9 Å². The highest BCUT2D eigenvalue weighted by molar-refractivity contribution is 7.88. The Morgan fingerprint density at radius 3 is 2.96 bits per heavy atom. The minimum absolute atomic E-state index is 0.117. The first-order valence-electron chi connectivity index (χ1n) is 8.96. The van der Waals surface area contributed by atoms with E-state index in [1.165, 1.54) is 10.6 Å². The van der Waals surface area contributed by atoms with Gasteiger partial charge in [-0.25, -0.2) is 12.7 Å². The summed E-state index contributed by atoms with van der Waals surface area (Å²) >= 11 is 0. The lowest BCUT2D eigenvalue weighted by atomic mass is 9.97. The van der Waals surface area contributed by atoms with E-state index >= 15 is 0 Å². The molecule has 2 N–H and O–H groups in total. The maximum absolute atomic E-state index is 12.3. The van der Waals surface area contributed by atoms with E-state index in [9.17, 15) is 13.2 Å². The summed E-state index contributed by atoms with van der Waals surface area (Å²) in [4.78, 5) is 12.3. The third-order valence-electron chi connectivity index (χ3n) is 4.68. The predicted octanol–water partition coefficient (Wildman–Crippen LogP) is 0.386. The van der Waals surface area contributed by atoms with Crippen molar-refractivity contribution in [2.45, 2.75) is 25.7 Å². The van der Waals surface area contributed by atoms with Crippen LogP contribution in [0.4, 0.5) is 0 Å². The Kier molecular flexibility index (Phi) is 6.17. The number of H-pyrrole nitrogens is 1. The number of aryl methyl sites for hydroxylation is 1. The van der Waals surface area contributed by atoms with Crippen LogP contribution in [0.5, 0.6) is 0 Å². The molecule has 1 fully saturated rings. The van der Waals surface area contributed by atoms with Crippen molar-refractivity contribution in [2.24, 2.45) is 5.92 Å². The number of nitrogens with zero attached hydrogens (tertiary/aromatic N) is 4. The Morgan fingerprint density at radius 1 is 1.41 bits per heavy atom. The van der Waals surface area contributed by atoms with Crippen LogP contribution in [0, 0.1) is 5.92 Å². The van der Waals surface area contributed by atoms with Gasteiger partial charge in [0.1, 0.15) is 0 Å². The number of hydrogen-bond acceptors (Lipinski definition) is 6. The quantitative estimate of drug-likeness (QED) is 0.627. The summed E-state index contributed by atoms with van der Waals surface area (Å²) in [6.45, 7) is 1.65. The standard InChI is InChI=1S/C17H24N6O3S/c1-27(25,26)23-9-7-14(12-23)10-13-4-2-5-15(11-13)17(24)18-8-3-6-16-19-21-22-20-16/h2,4-5,11,14H,3,6-10,12H2,1H3,(H,18,24)(H,19,20,21,22). The number of tetrazole rings is 1. The molecule has 10 heteroatoms. The van der Waals surface area contributed by atoms with Gasteiger partial charge in [-0.3, -0.25) is 4.79 Å². The largest absolute Gasteiger partial charge is 0.352 e. The second-order valence-corrected chi connectivity index (χ2v) is 8.85. The van der Waals surface area contributed by atoms with Gasteiger partial charge in [0.15, 0.2) is 5.82 Å². The van der Waals surface area contributed by atoms with Crippen molar-refractivity contribution in [3.63, 3.8) is 0 Å². The van der Waals surface area contributed by atoms with Gasteiger partial charge in [0.25, 0.3) is 5.91 Å². The number of rotatable bonds is 8. The number of benzene rings is 1. The van der Waals surface area contributed by atoms with Crippen molar-refractivity contribution in [2.75, 3.05) is 25.9 Å². The van der Waals surface area contributed by atoms with E-state index in [4.69, 9.17) is 0 Å². The zero-order chi connectivity index (χ0) is 19.3. The number of amides is 1. The minimum Gasteiger partial charge on any atom is -0.352 e. The number of carbonyl (C=O) groups excluding carboxylic acids is 1. The Morgan fingerprint density at radius 2 is 2.26 bits per heavy atom. The maximum atomic E-state index is 12.3. The lowest BCUT2D eigenvalue weighted by Crippen LogP contribution is -2.27. The van der Waals surface area contributed by atoms with Crippen LogP contribution in [0.1, 0.15) is 34.6 Å². The van der Waals surface area contributed by atoms with Crippen LogP contribution in [0.15, 0.2) is 24.3 Å². The smallest absolute Gasteiger partial charge is 0.251 e. The van der Waals surface area contributed by atoms with Crippen LogP contribution >= 0.6 is 0 Å². The average molecular weight is 392 g/mol. The molecule has 1 aromatic carbocycles. The third-order valence-corrected chi connectivity index (χ3v) is 5.95. The summed E-state index contributed by atoms with van der Waals surface area (Å²) in [7, 11) is -3.12. The predicted molar refractivity (Wildman–Crippen MR) is 99.5 cm³/mol. The van der Waals surface area contributed by atoms with Crippen LogP contribution in [0.25, 0.3) is 0 Å². The lowest BCUT2D eigenvalue weighted by Gasteiger charge is -2.13. The van der Waals surface area contributed by atoms with Crippen LogP contribution in [0.3, 0.4) is 0 Å². The first-order chi connectivity index (χ1) is 12.9. The lowest BCUT2D eigenvalue weighted by molar-refractivity contribution is 0.0953. The molecule has 1 saturated heterocycles. The molecule has 1 atom stereocenters. The molecule has 3 rings (SSSR count). The summed E-state index contributed by atoms with van der Waals surface area (Å²) < 4.78 is 24.8. The number of aromatic nitrogens is 4. The summed E-state index contributed by atoms with van der Waals surface area (Å²) in [5.74, 6) is 0.799. The van der Waals surface area contributed by atoms with E-state index in [1.54, 1.807) is 6.07 Å². The Bertz CT molecular complexity index is 869. The van der Waals surface area contributed by atoms with Gasteiger partial charge in [-0.05, 0) is 42.9 Å². The van der Waals surface area contributed by atoms with Crippen molar-refractivity contribution in [3.05, 3.63) is 41.2 Å². The van der Waals surface area contributed by atoms with Crippen LogP contribution in [0.2, 0.25) is 0 Å². The van der Waals surface area contributed by atoms with Crippen molar-refractivity contribution < 1.29 is 13.2 Å². The number of nitrogens with one attached hydrogen (secondary N) is 2. The first kappa shape index (κ1) is 19.4. The zero-order valence-electron chi connectivity index (χ0n) is 15.3. The van der Waals surface area contributed by atoms with E-state index in [1.807, 2.05) is 18.2 Å². The molecule has 2 heterocycles. The average Bonchev–Trinajstić information content (AvgIpc) is 3.30. The number of carbonyl (C=O) groups is 1. The molecule has 9 nitrogen and oxygen atoms in total. The molecule has 0 saturated carbocycles. The highest BCUT2D eigenvalue weighted by Gasteiger charge is 2.28. The molecule has 0 spiro atoms. The molecule has 0 bridgehead atoms. The van der Waals surface area contributed by atoms with Gasteiger partial charge in [0, 0.05) is 31.6 Å². The van der Waals surface area contributed by atoms with Gasteiger partial charge < -0.3 is 5.32 Å². The fourth-order valence-electron chi connectivity index (χ4n) is 3.28. The molecule has 1 aliphatic rings. The summed E-state index contributed by atoms with van der Waals surface area (Å²) in [5, 5.41) is 16.5. The highest BCUT2D eigenvalue weighted by atomic mass is 32.2. The van der Waals surface area contributed by atoms with Gasteiger partial charge in [-0.15, -0.1) is 10.2 Å². The zero-order valence-corrected chi connectivity index (χ0v) is 16.1. The van der Waals surface area contributed by atoms with Crippen molar-refractivity contribution in [1.82, 2.24) is 30.2 Å². The van der Waals surface area contributed by atoms with Crippen molar-refractivity contribution >= 4 is 15.9 Å². The molecule has 1 aromatic heterocycles. The normalized spacial score (nSPS) is 17.9. The van der Waals surface area contributed by atoms with Crippen LogP contribution in [-0.2, 0) is 22.9 Å². The van der Waals surface area contributed by atoms with Gasteiger partial charge in [-0.1, -0.05) is 17.3 Å². The van der Waals surface area contributed by atoms with Crippen LogP contribution in [-0.4, -0.2) is 65.1 Å². The SMILES string of the molecule is CS(=O)(=O)N1CCC(Cc2cccc(C(=O)NCCCc3nn[nH]n3)c2)C1. The molecule has 1 amide bonds. The Hall–Kier alpha value is -2.33. The second kappa shape index (κ2) is 8.57. The molecule has 0 radical (unpaired) electrons. The summed E-state index contributed by atoms with van der Waals surface area (Å²) in [5.41, 5.74) is 1.67. The molecule has 1 unspecified atom stereocenters. The van der Waals surface area contributed by atoms with Gasteiger partial charge >= 0.3 is 0 Å². The van der Waals surface area contributed by atoms with Crippen molar-refractivity contribution in [1.29, 1.82) is 0 Å². The molecule has 27 heavy (non-hydrogen) atoms. The summed E-state index contributed by atoms with van der Waals surface area (Å²) in [6.07, 6.45) is 4.24. The fourth-order valence-corrected chi connectivity index (χ4v) is 4.20. The third kappa shape index (κ3) is 5.57. The molecular formula is C17H24N6O3S. The summed E-state index contributed by atoms with van der Waals surface area (Å²) in [6, 6.07) is 7.52. The monoisotopic (exact) mass is 392 g/mol. The second-order valence-electron chi connectivity index (χ2n) is 6.87. The van der Waals surface area contributed by atoms with E-state index in [0.717, 1.165) is 24.8 Å². The number of aromatic amines is 1. The van der Waals surface area contributed by atoms with Gasteiger partial charge in [0.05, 0.1) is 6.26 Å². The van der Waals surface area contributed by atoms with E-state index in [0.29, 0.717) is 37.4 Å². The number of hydrogen-bond donors (Lipinski definition) is 2. The molecule has 2 aromatic rings. The van der Waals surface area contributed by atoms with Crippen molar-refractivity contribution in [3.8, 4) is 0 Å². The van der Waals surface area contributed by atoms with Gasteiger partial charge in [-0.2, -0.15) is 5.21 Å². The first-order valence-corrected chi connectivity index (χ1v) is 10.8. The molecule has 146 valence electrons.